The third-order valence-electron chi connectivity index (χ3n) is 7.95. The number of hydrogen-bond donors (Lipinski definition) is 2. The molecule has 170 valence electrons. The number of ether oxygens (including phenoxy) is 1. The number of nitrogens with zero attached hydrogens (tertiary/aromatic N) is 1. The first-order chi connectivity index (χ1) is 15.5. The fourth-order valence-electron chi connectivity index (χ4n) is 6.02. The van der Waals surface area contributed by atoms with E-state index in [2.05, 4.69) is 41.8 Å². The lowest BCUT2D eigenvalue weighted by Crippen LogP contribution is -2.48. The van der Waals surface area contributed by atoms with Crippen molar-refractivity contribution in [2.75, 3.05) is 24.6 Å². The van der Waals surface area contributed by atoms with Gasteiger partial charge in [-0.05, 0) is 91.3 Å². The molecule has 0 saturated heterocycles. The zero-order valence-electron chi connectivity index (χ0n) is 18.7. The highest BCUT2D eigenvalue weighted by Crippen LogP contribution is 2.46. The van der Waals surface area contributed by atoms with Crippen LogP contribution in [0.2, 0.25) is 5.02 Å². The molecule has 2 aromatic rings. The first kappa shape index (κ1) is 21.8. The molecule has 3 atom stereocenters. The predicted molar refractivity (Wildman–Crippen MR) is 132 cm³/mol. The summed E-state index contributed by atoms with van der Waals surface area (Å²) in [4.78, 5) is 2.57. The molecule has 2 aromatic carbocycles. The molecule has 4 nitrogen and oxygen atoms in total. The van der Waals surface area contributed by atoms with Gasteiger partial charge >= 0.3 is 0 Å². The minimum atomic E-state index is -0.492. The largest absolute Gasteiger partial charge is 0.490 e. The molecule has 2 aliphatic carbocycles. The number of nitrogens with two attached hydrogens (primary N) is 2. The van der Waals surface area contributed by atoms with Crippen molar-refractivity contribution in [3.8, 4) is 5.75 Å². The van der Waals surface area contributed by atoms with Gasteiger partial charge in [-0.3, -0.25) is 0 Å². The van der Waals surface area contributed by atoms with Crippen LogP contribution in [0.3, 0.4) is 0 Å². The van der Waals surface area contributed by atoms with Crippen molar-refractivity contribution in [1.82, 2.24) is 0 Å². The summed E-state index contributed by atoms with van der Waals surface area (Å²) in [6.07, 6.45) is 8.62. The standard InChI is InChI=1S/C27H34ClN3O/c1-2-4-18-6-7-21(18)15-31-16-27(12-3-5-19-13-22(28)9-10-23(19)27)17-32-25-11-8-20(26(29)30)14-24(25)31/h2,8-11,13-14,18,21,26H,1,3-7,12,15-17,29-30H2/t18-,21+,27+/m1/s1. The molecule has 1 aliphatic heterocycles. The molecule has 1 fully saturated rings. The first-order valence-corrected chi connectivity index (χ1v) is 12.3. The van der Waals surface area contributed by atoms with Crippen molar-refractivity contribution in [2.24, 2.45) is 23.3 Å². The van der Waals surface area contributed by atoms with Crippen molar-refractivity contribution in [3.05, 3.63) is 70.8 Å². The smallest absolute Gasteiger partial charge is 0.142 e. The number of halogens is 1. The highest BCUT2D eigenvalue weighted by Gasteiger charge is 2.43. The highest BCUT2D eigenvalue weighted by atomic mass is 35.5. The molecular formula is C27H34ClN3O. The van der Waals surface area contributed by atoms with Crippen molar-refractivity contribution in [1.29, 1.82) is 0 Å². The van der Waals surface area contributed by atoms with Crippen LogP contribution in [0.15, 0.2) is 49.1 Å². The van der Waals surface area contributed by atoms with E-state index in [0.717, 1.165) is 66.7 Å². The van der Waals surface area contributed by atoms with Crippen molar-refractivity contribution >= 4 is 17.3 Å². The Labute approximate surface area is 196 Å². The number of anilines is 1. The lowest BCUT2D eigenvalue weighted by atomic mass is 9.69. The van der Waals surface area contributed by atoms with Gasteiger partial charge in [-0.25, -0.2) is 0 Å². The van der Waals surface area contributed by atoms with E-state index in [1.807, 2.05) is 12.1 Å². The second-order valence-corrected chi connectivity index (χ2v) is 10.4. The summed E-state index contributed by atoms with van der Waals surface area (Å²) in [6.45, 7) is 6.62. The Bertz CT molecular complexity index is 1010. The topological polar surface area (TPSA) is 64.5 Å². The molecule has 1 saturated carbocycles. The van der Waals surface area contributed by atoms with Gasteiger partial charge in [-0.15, -0.1) is 6.58 Å². The molecule has 0 amide bonds. The fraction of sp³-hybridized carbons (Fsp3) is 0.481. The van der Waals surface area contributed by atoms with Gasteiger partial charge in [0, 0.05) is 23.5 Å². The lowest BCUT2D eigenvalue weighted by Gasteiger charge is -2.44. The van der Waals surface area contributed by atoms with Crippen LogP contribution in [-0.2, 0) is 11.8 Å². The number of allylic oxidation sites excluding steroid dienone is 1. The number of aryl methyl sites for hydroxylation is 1. The number of rotatable bonds is 5. The molecule has 0 unspecified atom stereocenters. The van der Waals surface area contributed by atoms with E-state index in [0.29, 0.717) is 12.5 Å². The van der Waals surface area contributed by atoms with Crippen molar-refractivity contribution < 1.29 is 4.74 Å². The summed E-state index contributed by atoms with van der Waals surface area (Å²) in [7, 11) is 0. The fourth-order valence-corrected chi connectivity index (χ4v) is 6.22. The normalized spacial score (nSPS) is 26.7. The Kier molecular flexibility index (Phi) is 5.96. The summed E-state index contributed by atoms with van der Waals surface area (Å²) in [5.41, 5.74) is 16.9. The van der Waals surface area contributed by atoms with E-state index >= 15 is 0 Å². The molecule has 5 rings (SSSR count). The van der Waals surface area contributed by atoms with E-state index in [4.69, 9.17) is 27.8 Å². The Morgan fingerprint density at radius 1 is 1.19 bits per heavy atom. The molecule has 5 heteroatoms. The summed E-state index contributed by atoms with van der Waals surface area (Å²) in [5.74, 6) is 2.35. The van der Waals surface area contributed by atoms with Crippen LogP contribution in [0, 0.1) is 11.8 Å². The second kappa shape index (κ2) is 8.74. The zero-order valence-corrected chi connectivity index (χ0v) is 19.5. The van der Waals surface area contributed by atoms with Crippen molar-refractivity contribution in [2.45, 2.75) is 50.1 Å². The third-order valence-corrected chi connectivity index (χ3v) is 8.18. The maximum absolute atomic E-state index is 6.53. The lowest BCUT2D eigenvalue weighted by molar-refractivity contribution is 0.174. The molecule has 4 N–H and O–H groups in total. The first-order valence-electron chi connectivity index (χ1n) is 11.9. The molecule has 3 aliphatic rings. The maximum Gasteiger partial charge on any atom is 0.142 e. The van der Waals surface area contributed by atoms with E-state index in [1.165, 1.54) is 24.0 Å². The van der Waals surface area contributed by atoms with Gasteiger partial charge < -0.3 is 21.1 Å². The highest BCUT2D eigenvalue weighted by molar-refractivity contribution is 6.30. The van der Waals surface area contributed by atoms with E-state index in [-0.39, 0.29) is 5.41 Å². The van der Waals surface area contributed by atoms with Crippen LogP contribution in [0.5, 0.6) is 5.75 Å². The van der Waals surface area contributed by atoms with Gasteiger partial charge in [-0.1, -0.05) is 29.8 Å². The van der Waals surface area contributed by atoms with E-state index in [1.54, 1.807) is 0 Å². The summed E-state index contributed by atoms with van der Waals surface area (Å²) in [5, 5.41) is 0.818. The SMILES string of the molecule is C=CC[C@@H]1CC[C@H]1CN1C[C@@]2(CCCc3cc(Cl)ccc32)COc2ccc(C(N)N)cc21. The van der Waals surface area contributed by atoms with Crippen LogP contribution in [0.1, 0.15) is 55.0 Å². The monoisotopic (exact) mass is 451 g/mol. The molecule has 0 radical (unpaired) electrons. The number of benzene rings is 2. The van der Waals surface area contributed by atoms with Gasteiger partial charge in [0.05, 0.1) is 18.5 Å². The van der Waals surface area contributed by atoms with Gasteiger partial charge in [-0.2, -0.15) is 0 Å². The van der Waals surface area contributed by atoms with Gasteiger partial charge in [0.2, 0.25) is 0 Å². The van der Waals surface area contributed by atoms with E-state index in [9.17, 15) is 0 Å². The quantitative estimate of drug-likeness (QED) is 0.476. The Morgan fingerprint density at radius 2 is 2.03 bits per heavy atom. The Balaban J connectivity index is 1.54. The summed E-state index contributed by atoms with van der Waals surface area (Å²) >= 11 is 6.35. The number of hydrogen-bond acceptors (Lipinski definition) is 4. The van der Waals surface area contributed by atoms with Gasteiger partial charge in [0.1, 0.15) is 5.75 Å². The van der Waals surface area contributed by atoms with Crippen LogP contribution < -0.4 is 21.1 Å². The minimum Gasteiger partial charge on any atom is -0.490 e. The van der Waals surface area contributed by atoms with Gasteiger partial charge in [0.15, 0.2) is 0 Å². The molecule has 1 spiro atoms. The van der Waals surface area contributed by atoms with Crippen LogP contribution in [-0.4, -0.2) is 19.7 Å². The average molecular weight is 452 g/mol. The summed E-state index contributed by atoms with van der Waals surface area (Å²) in [6, 6.07) is 12.6. The third kappa shape index (κ3) is 3.93. The summed E-state index contributed by atoms with van der Waals surface area (Å²) < 4.78 is 6.53. The van der Waals surface area contributed by atoms with Gasteiger partial charge in [0.25, 0.3) is 0 Å². The molecular weight excluding hydrogens is 418 g/mol. The minimum absolute atomic E-state index is 0.0418. The molecule has 0 bridgehead atoms. The molecule has 0 aromatic heterocycles. The Hall–Kier alpha value is -2.01. The van der Waals surface area contributed by atoms with Crippen LogP contribution >= 0.6 is 11.6 Å². The van der Waals surface area contributed by atoms with Crippen LogP contribution in [0.4, 0.5) is 5.69 Å². The zero-order chi connectivity index (χ0) is 22.3. The van der Waals surface area contributed by atoms with Crippen LogP contribution in [0.25, 0.3) is 0 Å². The second-order valence-electron chi connectivity index (χ2n) is 9.98. The average Bonchev–Trinajstić information content (AvgIpc) is 2.92. The molecule has 32 heavy (non-hydrogen) atoms. The predicted octanol–water partition coefficient (Wildman–Crippen LogP) is 5.33. The maximum atomic E-state index is 6.53. The number of fused-ring (bicyclic) bond motifs is 3. The Morgan fingerprint density at radius 3 is 2.78 bits per heavy atom. The van der Waals surface area contributed by atoms with E-state index < -0.39 is 6.17 Å². The molecule has 1 heterocycles. The van der Waals surface area contributed by atoms with Crippen molar-refractivity contribution in [3.63, 3.8) is 0 Å².